The minimum Gasteiger partial charge on any atom is -0.480 e. The summed E-state index contributed by atoms with van der Waals surface area (Å²) < 4.78 is 0. The molecule has 0 aromatic rings. The molecule has 0 bridgehead atoms. The molecular formula is C12H19NO3S. The largest absolute Gasteiger partial charge is 0.480 e. The van der Waals surface area contributed by atoms with E-state index in [9.17, 15) is 14.7 Å². The van der Waals surface area contributed by atoms with Crippen molar-refractivity contribution in [3.8, 4) is 0 Å². The van der Waals surface area contributed by atoms with Gasteiger partial charge in [-0.15, -0.1) is 11.8 Å². The van der Waals surface area contributed by atoms with E-state index in [2.05, 4.69) is 13.8 Å². The SMILES string of the molecule is CCC1SCC(C(=O)O)N1C(=O)C1CC1(C)C. The summed E-state index contributed by atoms with van der Waals surface area (Å²) in [7, 11) is 0. The van der Waals surface area contributed by atoms with Crippen molar-refractivity contribution in [1.82, 2.24) is 4.90 Å². The Balaban J connectivity index is 2.15. The molecule has 1 aliphatic heterocycles. The van der Waals surface area contributed by atoms with E-state index in [1.165, 1.54) is 0 Å². The van der Waals surface area contributed by atoms with E-state index in [-0.39, 0.29) is 22.6 Å². The van der Waals surface area contributed by atoms with Gasteiger partial charge in [0.25, 0.3) is 0 Å². The van der Waals surface area contributed by atoms with Crippen molar-refractivity contribution < 1.29 is 14.7 Å². The lowest BCUT2D eigenvalue weighted by Gasteiger charge is -2.27. The second kappa shape index (κ2) is 4.19. The van der Waals surface area contributed by atoms with Gasteiger partial charge in [0.15, 0.2) is 0 Å². The maximum absolute atomic E-state index is 12.4. The van der Waals surface area contributed by atoms with Gasteiger partial charge in [-0.3, -0.25) is 4.79 Å². The van der Waals surface area contributed by atoms with Gasteiger partial charge >= 0.3 is 5.97 Å². The first-order valence-corrected chi connectivity index (χ1v) is 7.10. The van der Waals surface area contributed by atoms with Crippen molar-refractivity contribution in [1.29, 1.82) is 0 Å². The van der Waals surface area contributed by atoms with Crippen LogP contribution < -0.4 is 0 Å². The van der Waals surface area contributed by atoms with Gasteiger partial charge in [-0.1, -0.05) is 20.8 Å². The summed E-state index contributed by atoms with van der Waals surface area (Å²) in [5, 5.41) is 9.21. The van der Waals surface area contributed by atoms with Crippen LogP contribution in [0.25, 0.3) is 0 Å². The van der Waals surface area contributed by atoms with E-state index in [1.54, 1.807) is 16.7 Å². The molecule has 17 heavy (non-hydrogen) atoms. The Labute approximate surface area is 106 Å². The molecule has 96 valence electrons. The van der Waals surface area contributed by atoms with Gasteiger partial charge < -0.3 is 10.0 Å². The minimum absolute atomic E-state index is 0.0251. The third kappa shape index (κ3) is 2.17. The number of aliphatic carboxylic acids is 1. The van der Waals surface area contributed by atoms with Crippen molar-refractivity contribution in [3.63, 3.8) is 0 Å². The fraction of sp³-hybridized carbons (Fsp3) is 0.833. The predicted octanol–water partition coefficient (Wildman–Crippen LogP) is 1.80. The molecule has 0 spiro atoms. The number of thioether (sulfide) groups is 1. The highest BCUT2D eigenvalue weighted by Crippen LogP contribution is 2.53. The lowest BCUT2D eigenvalue weighted by atomic mass is 10.1. The van der Waals surface area contributed by atoms with Crippen molar-refractivity contribution >= 4 is 23.6 Å². The molecule has 4 nitrogen and oxygen atoms in total. The molecule has 1 heterocycles. The molecule has 0 radical (unpaired) electrons. The molecule has 1 aliphatic carbocycles. The summed E-state index contributed by atoms with van der Waals surface area (Å²) in [6, 6.07) is -0.631. The zero-order valence-corrected chi connectivity index (χ0v) is 11.3. The number of hydrogen-bond acceptors (Lipinski definition) is 3. The Morgan fingerprint density at radius 3 is 2.47 bits per heavy atom. The lowest BCUT2D eigenvalue weighted by Crippen LogP contribution is -2.46. The number of nitrogens with zero attached hydrogens (tertiary/aromatic N) is 1. The lowest BCUT2D eigenvalue weighted by molar-refractivity contribution is -0.150. The Morgan fingerprint density at radius 1 is 1.47 bits per heavy atom. The number of rotatable bonds is 3. The van der Waals surface area contributed by atoms with Crippen LogP contribution in [0.3, 0.4) is 0 Å². The third-order valence-corrected chi connectivity index (χ3v) is 5.25. The number of carbonyl (C=O) groups excluding carboxylic acids is 1. The highest BCUT2D eigenvalue weighted by atomic mass is 32.2. The molecule has 2 aliphatic rings. The highest BCUT2D eigenvalue weighted by molar-refractivity contribution is 8.00. The molecule has 1 saturated heterocycles. The second-order valence-electron chi connectivity index (χ2n) is 5.54. The van der Waals surface area contributed by atoms with Gasteiger partial charge in [0.05, 0.1) is 5.37 Å². The van der Waals surface area contributed by atoms with E-state index in [4.69, 9.17) is 0 Å². The summed E-state index contributed by atoms with van der Waals surface area (Å²) in [6.45, 7) is 6.13. The van der Waals surface area contributed by atoms with Crippen molar-refractivity contribution in [2.24, 2.45) is 11.3 Å². The van der Waals surface area contributed by atoms with Gasteiger partial charge in [-0.25, -0.2) is 4.79 Å². The quantitative estimate of drug-likeness (QED) is 0.837. The van der Waals surface area contributed by atoms with Crippen LogP contribution in [0, 0.1) is 11.3 Å². The zero-order chi connectivity index (χ0) is 12.8. The topological polar surface area (TPSA) is 57.6 Å². The number of hydrogen-bond donors (Lipinski definition) is 1. The smallest absolute Gasteiger partial charge is 0.327 e. The van der Waals surface area contributed by atoms with Crippen molar-refractivity contribution in [2.45, 2.75) is 45.0 Å². The van der Waals surface area contributed by atoms with Crippen LogP contribution in [0.5, 0.6) is 0 Å². The van der Waals surface area contributed by atoms with Crippen LogP contribution in [0.4, 0.5) is 0 Å². The molecule has 1 N–H and O–H groups in total. The van der Waals surface area contributed by atoms with E-state index in [1.807, 2.05) is 6.92 Å². The summed E-state index contributed by atoms with van der Waals surface area (Å²) >= 11 is 1.58. The Bertz CT molecular complexity index is 356. The number of amides is 1. The predicted molar refractivity (Wildman–Crippen MR) is 66.7 cm³/mol. The maximum atomic E-state index is 12.4. The molecule has 0 aromatic heterocycles. The van der Waals surface area contributed by atoms with Crippen LogP contribution in [0.2, 0.25) is 0 Å². The summed E-state index contributed by atoms with van der Waals surface area (Å²) in [5.41, 5.74) is 0.0612. The minimum atomic E-state index is -0.875. The number of carboxylic acid groups (broad SMARTS) is 1. The molecule has 1 saturated carbocycles. The molecule has 3 unspecified atom stereocenters. The number of carboxylic acids is 1. The van der Waals surface area contributed by atoms with E-state index in [0.29, 0.717) is 5.75 Å². The van der Waals surface area contributed by atoms with Gasteiger partial charge in [0.1, 0.15) is 6.04 Å². The van der Waals surface area contributed by atoms with E-state index >= 15 is 0 Å². The molecular weight excluding hydrogens is 238 g/mol. The first-order valence-electron chi connectivity index (χ1n) is 6.05. The van der Waals surface area contributed by atoms with Crippen LogP contribution in [-0.4, -0.2) is 39.1 Å². The molecule has 0 aromatic carbocycles. The molecule has 5 heteroatoms. The van der Waals surface area contributed by atoms with Gasteiger partial charge in [-0.05, 0) is 18.3 Å². The van der Waals surface area contributed by atoms with Crippen molar-refractivity contribution in [2.75, 3.05) is 5.75 Å². The Hall–Kier alpha value is -0.710. The average Bonchev–Trinajstić information content (AvgIpc) is 2.74. The van der Waals surface area contributed by atoms with Gasteiger partial charge in [0, 0.05) is 11.7 Å². The van der Waals surface area contributed by atoms with Gasteiger partial charge in [-0.2, -0.15) is 0 Å². The van der Waals surface area contributed by atoms with E-state index < -0.39 is 12.0 Å². The fourth-order valence-corrected chi connectivity index (χ4v) is 3.79. The number of carbonyl (C=O) groups is 2. The highest BCUT2D eigenvalue weighted by Gasteiger charge is 2.55. The summed E-state index contributed by atoms with van der Waals surface area (Å²) in [5.74, 6) is -0.288. The monoisotopic (exact) mass is 257 g/mol. The molecule has 1 amide bonds. The van der Waals surface area contributed by atoms with Crippen LogP contribution in [0.15, 0.2) is 0 Å². The molecule has 3 atom stereocenters. The van der Waals surface area contributed by atoms with Crippen LogP contribution in [0.1, 0.15) is 33.6 Å². The second-order valence-corrected chi connectivity index (χ2v) is 6.75. The van der Waals surface area contributed by atoms with Crippen molar-refractivity contribution in [3.05, 3.63) is 0 Å². The third-order valence-electron chi connectivity index (χ3n) is 3.79. The van der Waals surface area contributed by atoms with Gasteiger partial charge in [0.2, 0.25) is 5.91 Å². The normalized spacial score (nSPS) is 34.8. The first-order chi connectivity index (χ1) is 7.88. The molecule has 2 rings (SSSR count). The summed E-state index contributed by atoms with van der Waals surface area (Å²) in [6.07, 6.45) is 1.70. The molecule has 2 fully saturated rings. The Morgan fingerprint density at radius 2 is 2.06 bits per heavy atom. The maximum Gasteiger partial charge on any atom is 0.327 e. The first kappa shape index (κ1) is 12.7. The fourth-order valence-electron chi connectivity index (χ4n) is 2.43. The average molecular weight is 257 g/mol. The Kier molecular flexibility index (Phi) is 3.14. The summed E-state index contributed by atoms with van der Waals surface area (Å²) in [4.78, 5) is 25.1. The standard InChI is InChI=1S/C12H19NO3S/c1-4-9-13(8(6-17-9)11(15)16)10(14)7-5-12(7,2)3/h7-9H,4-6H2,1-3H3,(H,15,16). The zero-order valence-electron chi connectivity index (χ0n) is 10.5. The van der Waals surface area contributed by atoms with E-state index in [0.717, 1.165) is 12.8 Å². The van der Waals surface area contributed by atoms with Crippen LogP contribution in [-0.2, 0) is 9.59 Å². The van der Waals surface area contributed by atoms with Crippen LogP contribution >= 0.6 is 11.8 Å².